The summed E-state index contributed by atoms with van der Waals surface area (Å²) in [5, 5.41) is 10.7. The van der Waals surface area contributed by atoms with E-state index in [2.05, 4.69) is 4.98 Å². The van der Waals surface area contributed by atoms with Gasteiger partial charge in [-0.1, -0.05) is 0 Å². The molecule has 0 radical (unpaired) electrons. The fourth-order valence-electron chi connectivity index (χ4n) is 3.14. The molecule has 3 nitrogen and oxygen atoms in total. The van der Waals surface area contributed by atoms with Gasteiger partial charge in [-0.15, -0.1) is 0 Å². The first-order chi connectivity index (χ1) is 8.49. The summed E-state index contributed by atoms with van der Waals surface area (Å²) in [6, 6.07) is 2.95. The molecule has 98 valence electrons. The highest BCUT2D eigenvalue weighted by molar-refractivity contribution is 7.86. The van der Waals surface area contributed by atoms with E-state index in [4.69, 9.17) is 0 Å². The summed E-state index contributed by atoms with van der Waals surface area (Å²) in [5.74, 6) is -0.463. The Labute approximate surface area is 108 Å². The Kier molecular flexibility index (Phi) is 2.79. The number of halogens is 1. The molecule has 1 aromatic heterocycles. The van der Waals surface area contributed by atoms with E-state index in [0.717, 1.165) is 12.8 Å². The van der Waals surface area contributed by atoms with Gasteiger partial charge in [-0.05, 0) is 44.7 Å². The van der Waals surface area contributed by atoms with Gasteiger partial charge in [0.15, 0.2) is 0 Å². The zero-order valence-electron chi connectivity index (χ0n) is 10.2. The summed E-state index contributed by atoms with van der Waals surface area (Å²) in [5.41, 5.74) is -0.412. The summed E-state index contributed by atoms with van der Waals surface area (Å²) >= 11 is 0. The molecule has 2 bridgehead atoms. The van der Waals surface area contributed by atoms with E-state index >= 15 is 0 Å². The average Bonchev–Trinajstić information content (AvgIpc) is 2.56. The molecule has 3 heterocycles. The van der Waals surface area contributed by atoms with Crippen molar-refractivity contribution in [1.29, 1.82) is 0 Å². The second kappa shape index (κ2) is 4.10. The Balaban J connectivity index is 2.01. The molecule has 5 heteroatoms. The summed E-state index contributed by atoms with van der Waals surface area (Å²) < 4.78 is 25.8. The van der Waals surface area contributed by atoms with Gasteiger partial charge in [0.1, 0.15) is 17.1 Å². The zero-order valence-corrected chi connectivity index (χ0v) is 11.0. The van der Waals surface area contributed by atoms with Gasteiger partial charge in [0.25, 0.3) is 0 Å². The molecule has 0 saturated carbocycles. The third kappa shape index (κ3) is 1.80. The van der Waals surface area contributed by atoms with Crippen LogP contribution >= 0.6 is 0 Å². The van der Waals surface area contributed by atoms with Gasteiger partial charge >= 0.3 is 0 Å². The molecular weight excluding hydrogens is 253 g/mol. The normalized spacial score (nSPS) is 38.9. The highest BCUT2D eigenvalue weighted by Crippen LogP contribution is 2.45. The first-order valence-corrected chi connectivity index (χ1v) is 7.52. The number of hydrogen-bond donors (Lipinski definition) is 1. The van der Waals surface area contributed by atoms with Gasteiger partial charge in [-0.2, -0.15) is 0 Å². The molecule has 1 aromatic rings. The Morgan fingerprint density at radius 1 is 1.39 bits per heavy atom. The van der Waals surface area contributed by atoms with E-state index in [9.17, 15) is 13.7 Å². The van der Waals surface area contributed by atoms with E-state index in [0.29, 0.717) is 18.5 Å². The molecule has 0 amide bonds. The Morgan fingerprint density at radius 2 is 2.00 bits per heavy atom. The lowest BCUT2D eigenvalue weighted by molar-refractivity contribution is 0.0104. The van der Waals surface area contributed by atoms with E-state index < -0.39 is 22.2 Å². The van der Waals surface area contributed by atoms with Crippen LogP contribution < -0.4 is 0 Å². The monoisotopic (exact) mass is 269 g/mol. The van der Waals surface area contributed by atoms with Crippen LogP contribution in [-0.4, -0.2) is 24.8 Å². The standard InChI is InChI=1S/C13H16FNO2S/c1-8-2-5-11(14)12(15-8)13(16)6-9-3-4-10(7-13)18(9)17/h2,5,9-10,16H,3-4,6-7H2,1H3. The molecule has 18 heavy (non-hydrogen) atoms. The second-order valence-corrected chi connectivity index (χ2v) is 7.36. The minimum atomic E-state index is -1.24. The summed E-state index contributed by atoms with van der Waals surface area (Å²) in [6.07, 6.45) is 2.47. The third-order valence-corrected chi connectivity index (χ3v) is 6.14. The van der Waals surface area contributed by atoms with Crippen molar-refractivity contribution < 1.29 is 13.7 Å². The molecule has 2 atom stereocenters. The van der Waals surface area contributed by atoms with Gasteiger partial charge < -0.3 is 5.11 Å². The number of hydrogen-bond acceptors (Lipinski definition) is 3. The van der Waals surface area contributed by atoms with Crippen LogP contribution in [-0.2, 0) is 16.4 Å². The van der Waals surface area contributed by atoms with Gasteiger partial charge in [-0.25, -0.2) is 4.39 Å². The first-order valence-electron chi connectivity index (χ1n) is 6.25. The maximum Gasteiger partial charge on any atom is 0.147 e. The lowest BCUT2D eigenvalue weighted by Gasteiger charge is -2.35. The van der Waals surface area contributed by atoms with Crippen LogP contribution in [0.15, 0.2) is 12.1 Å². The number of aryl methyl sites for hydroxylation is 1. The SMILES string of the molecule is Cc1ccc(F)c(C2(O)CC3CCC(C2)S3=O)n1. The summed E-state index contributed by atoms with van der Waals surface area (Å²) in [6.45, 7) is 1.78. The highest BCUT2D eigenvalue weighted by Gasteiger charge is 2.50. The molecule has 0 aliphatic carbocycles. The predicted octanol–water partition coefficient (Wildman–Crippen LogP) is 1.79. The van der Waals surface area contributed by atoms with Crippen LogP contribution in [0.4, 0.5) is 4.39 Å². The van der Waals surface area contributed by atoms with E-state index in [1.807, 2.05) is 0 Å². The van der Waals surface area contributed by atoms with Crippen molar-refractivity contribution in [2.24, 2.45) is 0 Å². The van der Waals surface area contributed by atoms with Crippen molar-refractivity contribution >= 4 is 10.8 Å². The lowest BCUT2D eigenvalue weighted by atomic mass is 9.89. The summed E-state index contributed by atoms with van der Waals surface area (Å²) in [4.78, 5) is 4.17. The Bertz CT molecular complexity index is 504. The first kappa shape index (κ1) is 12.2. The van der Waals surface area contributed by atoms with Crippen LogP contribution in [0, 0.1) is 12.7 Å². The Hall–Kier alpha value is -0.810. The molecule has 2 saturated heterocycles. The van der Waals surface area contributed by atoms with Crippen LogP contribution in [0.25, 0.3) is 0 Å². The zero-order chi connectivity index (χ0) is 12.9. The molecule has 0 spiro atoms. The number of aliphatic hydroxyl groups is 1. The van der Waals surface area contributed by atoms with Crippen LogP contribution in [0.2, 0.25) is 0 Å². The van der Waals surface area contributed by atoms with Gasteiger partial charge in [0.05, 0.1) is 0 Å². The van der Waals surface area contributed by atoms with Crippen LogP contribution in [0.1, 0.15) is 37.1 Å². The fraction of sp³-hybridized carbons (Fsp3) is 0.615. The minimum absolute atomic E-state index is 0.00420. The van der Waals surface area contributed by atoms with Crippen molar-refractivity contribution in [3.05, 3.63) is 29.3 Å². The minimum Gasteiger partial charge on any atom is -0.383 e. The van der Waals surface area contributed by atoms with Crippen molar-refractivity contribution in [3.8, 4) is 0 Å². The number of aromatic nitrogens is 1. The molecule has 2 unspecified atom stereocenters. The van der Waals surface area contributed by atoms with Gasteiger partial charge in [0, 0.05) is 27.0 Å². The maximum absolute atomic E-state index is 13.9. The van der Waals surface area contributed by atoms with Crippen LogP contribution in [0.3, 0.4) is 0 Å². The van der Waals surface area contributed by atoms with E-state index in [-0.39, 0.29) is 16.2 Å². The molecule has 3 rings (SSSR count). The number of nitrogens with zero attached hydrogens (tertiary/aromatic N) is 1. The third-order valence-electron chi connectivity index (χ3n) is 4.02. The quantitative estimate of drug-likeness (QED) is 0.845. The smallest absolute Gasteiger partial charge is 0.147 e. The van der Waals surface area contributed by atoms with Crippen molar-refractivity contribution in [1.82, 2.24) is 4.98 Å². The molecule has 1 N–H and O–H groups in total. The van der Waals surface area contributed by atoms with Gasteiger partial charge in [0.2, 0.25) is 0 Å². The van der Waals surface area contributed by atoms with Crippen molar-refractivity contribution in [2.75, 3.05) is 0 Å². The molecule has 0 aromatic carbocycles. The summed E-state index contributed by atoms with van der Waals surface area (Å²) in [7, 11) is -0.861. The number of rotatable bonds is 1. The predicted molar refractivity (Wildman–Crippen MR) is 67.0 cm³/mol. The molecule has 2 fully saturated rings. The molecule has 2 aliphatic rings. The molecule has 2 aliphatic heterocycles. The van der Waals surface area contributed by atoms with E-state index in [1.54, 1.807) is 13.0 Å². The van der Waals surface area contributed by atoms with Crippen LogP contribution in [0.5, 0.6) is 0 Å². The molecular formula is C13H16FNO2S. The van der Waals surface area contributed by atoms with E-state index in [1.165, 1.54) is 6.07 Å². The lowest BCUT2D eigenvalue weighted by Crippen LogP contribution is -2.41. The van der Waals surface area contributed by atoms with Crippen molar-refractivity contribution in [3.63, 3.8) is 0 Å². The fourth-order valence-corrected chi connectivity index (χ4v) is 5.30. The maximum atomic E-state index is 13.9. The number of fused-ring (bicyclic) bond motifs is 2. The van der Waals surface area contributed by atoms with Crippen molar-refractivity contribution in [2.45, 2.75) is 48.7 Å². The highest BCUT2D eigenvalue weighted by atomic mass is 32.2. The Morgan fingerprint density at radius 3 is 2.61 bits per heavy atom. The largest absolute Gasteiger partial charge is 0.383 e. The topological polar surface area (TPSA) is 50.2 Å². The second-order valence-electron chi connectivity index (χ2n) is 5.37. The number of pyridine rings is 1. The average molecular weight is 269 g/mol. The van der Waals surface area contributed by atoms with Gasteiger partial charge in [-0.3, -0.25) is 9.19 Å².